The van der Waals surface area contributed by atoms with Gasteiger partial charge in [-0.05, 0) is 32.2 Å². The number of aliphatic hydroxyl groups is 1. The van der Waals surface area contributed by atoms with Crippen molar-refractivity contribution in [2.45, 2.75) is 19.1 Å². The van der Waals surface area contributed by atoms with Gasteiger partial charge in [0.05, 0.1) is 12.7 Å². The molecule has 0 bridgehead atoms. The smallest absolute Gasteiger partial charge is 0.125 e. The van der Waals surface area contributed by atoms with Crippen LogP contribution < -0.4 is 4.74 Å². The molecular formula is C14H20FNO3. The molecule has 1 aliphatic rings. The predicted molar refractivity (Wildman–Crippen MR) is 69.8 cm³/mol. The third kappa shape index (κ3) is 3.89. The fraction of sp³-hybridized carbons (Fsp3) is 0.571. The summed E-state index contributed by atoms with van der Waals surface area (Å²) >= 11 is 0. The van der Waals surface area contributed by atoms with Crippen molar-refractivity contribution in [2.24, 2.45) is 0 Å². The van der Waals surface area contributed by atoms with Gasteiger partial charge in [0.15, 0.2) is 0 Å². The van der Waals surface area contributed by atoms with Gasteiger partial charge in [0, 0.05) is 18.7 Å². The van der Waals surface area contributed by atoms with Crippen LogP contribution in [0.4, 0.5) is 4.39 Å². The molecule has 2 atom stereocenters. The average molecular weight is 269 g/mol. The molecule has 1 aliphatic heterocycles. The number of hydrogen-bond donors (Lipinski definition) is 1. The zero-order valence-electron chi connectivity index (χ0n) is 11.3. The summed E-state index contributed by atoms with van der Waals surface area (Å²) in [7, 11) is 2.04. The van der Waals surface area contributed by atoms with Crippen LogP contribution in [0, 0.1) is 5.82 Å². The molecule has 5 heteroatoms. The van der Waals surface area contributed by atoms with E-state index in [4.69, 9.17) is 9.47 Å². The van der Waals surface area contributed by atoms with E-state index in [1.54, 1.807) is 13.0 Å². The molecule has 1 heterocycles. The third-order valence-corrected chi connectivity index (χ3v) is 3.19. The van der Waals surface area contributed by atoms with Crippen molar-refractivity contribution in [3.63, 3.8) is 0 Å². The summed E-state index contributed by atoms with van der Waals surface area (Å²) < 4.78 is 24.4. The van der Waals surface area contributed by atoms with Crippen LogP contribution in [0.15, 0.2) is 18.2 Å². The first-order chi connectivity index (χ1) is 9.06. The normalized spacial score (nSPS) is 22.2. The monoisotopic (exact) mass is 269 g/mol. The molecule has 1 saturated heterocycles. The fourth-order valence-electron chi connectivity index (χ4n) is 2.13. The van der Waals surface area contributed by atoms with Gasteiger partial charge in [-0.25, -0.2) is 4.39 Å². The van der Waals surface area contributed by atoms with Crippen LogP contribution in [-0.4, -0.2) is 49.5 Å². The highest BCUT2D eigenvalue weighted by atomic mass is 19.1. The van der Waals surface area contributed by atoms with Gasteiger partial charge >= 0.3 is 0 Å². The summed E-state index contributed by atoms with van der Waals surface area (Å²) in [4.78, 5) is 2.18. The standard InChI is InChI=1S/C14H20FNO3/c1-10(17)13-7-11(15)3-4-14(13)19-9-12-8-16(2)5-6-18-12/h3-4,7,10,12,17H,5-6,8-9H2,1-2H3/t10-,12?/m1/s1. The van der Waals surface area contributed by atoms with Crippen molar-refractivity contribution in [3.8, 4) is 5.75 Å². The lowest BCUT2D eigenvalue weighted by atomic mass is 10.1. The average Bonchev–Trinajstić information content (AvgIpc) is 2.37. The first kappa shape index (κ1) is 14.2. The molecule has 19 heavy (non-hydrogen) atoms. The molecule has 106 valence electrons. The predicted octanol–water partition coefficient (Wildman–Crippen LogP) is 1.59. The molecule has 1 N–H and O–H groups in total. The van der Waals surface area contributed by atoms with E-state index in [1.165, 1.54) is 12.1 Å². The lowest BCUT2D eigenvalue weighted by molar-refractivity contribution is -0.0407. The van der Waals surface area contributed by atoms with Crippen molar-refractivity contribution in [1.82, 2.24) is 4.90 Å². The third-order valence-electron chi connectivity index (χ3n) is 3.19. The molecule has 0 spiro atoms. The molecule has 0 aromatic heterocycles. The summed E-state index contributed by atoms with van der Waals surface area (Å²) in [5.74, 6) is 0.130. The highest BCUT2D eigenvalue weighted by Gasteiger charge is 2.19. The van der Waals surface area contributed by atoms with Crippen LogP contribution in [0.1, 0.15) is 18.6 Å². The fourth-order valence-corrected chi connectivity index (χ4v) is 2.13. The first-order valence-electron chi connectivity index (χ1n) is 6.46. The molecule has 1 fully saturated rings. The molecular weight excluding hydrogens is 249 g/mol. The Labute approximate surface area is 112 Å². The van der Waals surface area contributed by atoms with E-state index in [1.807, 2.05) is 7.05 Å². The molecule has 0 amide bonds. The maximum Gasteiger partial charge on any atom is 0.125 e. The van der Waals surface area contributed by atoms with Gasteiger partial charge in [0.1, 0.15) is 24.3 Å². The number of nitrogens with zero attached hydrogens (tertiary/aromatic N) is 1. The van der Waals surface area contributed by atoms with E-state index in [2.05, 4.69) is 4.90 Å². The second-order valence-electron chi connectivity index (χ2n) is 4.92. The molecule has 2 rings (SSSR count). The molecule has 1 aromatic carbocycles. The SMILES string of the molecule is C[C@@H](O)c1cc(F)ccc1OCC1CN(C)CCO1. The minimum atomic E-state index is -0.763. The van der Waals surface area contributed by atoms with Gasteiger partial charge in [0.2, 0.25) is 0 Å². The van der Waals surface area contributed by atoms with E-state index >= 15 is 0 Å². The van der Waals surface area contributed by atoms with Gasteiger partial charge in [0.25, 0.3) is 0 Å². The van der Waals surface area contributed by atoms with Gasteiger partial charge in [-0.3, -0.25) is 0 Å². The maximum absolute atomic E-state index is 13.2. The van der Waals surface area contributed by atoms with Crippen LogP contribution in [0.3, 0.4) is 0 Å². The number of ether oxygens (including phenoxy) is 2. The van der Waals surface area contributed by atoms with E-state index < -0.39 is 6.10 Å². The second-order valence-corrected chi connectivity index (χ2v) is 4.92. The summed E-state index contributed by atoms with van der Waals surface area (Å²) in [5.41, 5.74) is 0.462. The Morgan fingerprint density at radius 2 is 2.37 bits per heavy atom. The van der Waals surface area contributed by atoms with Gasteiger partial charge in [-0.2, -0.15) is 0 Å². The lowest BCUT2D eigenvalue weighted by Gasteiger charge is -2.30. The van der Waals surface area contributed by atoms with Crippen molar-refractivity contribution >= 4 is 0 Å². The molecule has 4 nitrogen and oxygen atoms in total. The topological polar surface area (TPSA) is 41.9 Å². The van der Waals surface area contributed by atoms with Crippen LogP contribution in [0.5, 0.6) is 5.75 Å². The Kier molecular flexibility index (Phi) is 4.74. The van der Waals surface area contributed by atoms with Crippen LogP contribution in [0.25, 0.3) is 0 Å². The minimum absolute atomic E-state index is 0.00523. The number of aliphatic hydroxyl groups excluding tert-OH is 1. The zero-order valence-corrected chi connectivity index (χ0v) is 11.3. The van der Waals surface area contributed by atoms with E-state index in [0.29, 0.717) is 24.5 Å². The molecule has 0 saturated carbocycles. The second kappa shape index (κ2) is 6.32. The number of halogens is 1. The van der Waals surface area contributed by atoms with Crippen LogP contribution in [-0.2, 0) is 4.74 Å². The van der Waals surface area contributed by atoms with Crippen molar-refractivity contribution in [2.75, 3.05) is 33.4 Å². The Morgan fingerprint density at radius 1 is 1.58 bits per heavy atom. The Morgan fingerprint density at radius 3 is 3.05 bits per heavy atom. The van der Waals surface area contributed by atoms with Crippen molar-refractivity contribution in [3.05, 3.63) is 29.6 Å². The maximum atomic E-state index is 13.2. The summed E-state index contributed by atoms with van der Waals surface area (Å²) in [6, 6.07) is 4.17. The lowest BCUT2D eigenvalue weighted by Crippen LogP contribution is -2.42. The number of hydrogen-bond acceptors (Lipinski definition) is 4. The molecule has 1 aromatic rings. The molecule has 0 radical (unpaired) electrons. The van der Waals surface area contributed by atoms with Crippen LogP contribution in [0.2, 0.25) is 0 Å². The van der Waals surface area contributed by atoms with E-state index in [9.17, 15) is 9.50 Å². The Hall–Kier alpha value is -1.17. The highest BCUT2D eigenvalue weighted by molar-refractivity contribution is 5.35. The minimum Gasteiger partial charge on any atom is -0.490 e. The number of likely N-dealkylation sites (N-methyl/N-ethyl adjacent to an activating group) is 1. The molecule has 0 aliphatic carbocycles. The van der Waals surface area contributed by atoms with E-state index in [-0.39, 0.29) is 11.9 Å². The van der Waals surface area contributed by atoms with Crippen molar-refractivity contribution < 1.29 is 19.0 Å². The zero-order chi connectivity index (χ0) is 13.8. The Bertz CT molecular complexity index is 425. The number of benzene rings is 1. The van der Waals surface area contributed by atoms with Gasteiger partial charge in [-0.15, -0.1) is 0 Å². The first-order valence-corrected chi connectivity index (χ1v) is 6.46. The Balaban J connectivity index is 1.99. The van der Waals surface area contributed by atoms with Gasteiger partial charge < -0.3 is 19.5 Å². The largest absolute Gasteiger partial charge is 0.490 e. The van der Waals surface area contributed by atoms with Crippen LogP contribution >= 0.6 is 0 Å². The summed E-state index contributed by atoms with van der Waals surface area (Å²) in [6.07, 6.45) is -0.758. The summed E-state index contributed by atoms with van der Waals surface area (Å²) in [5, 5.41) is 9.62. The quantitative estimate of drug-likeness (QED) is 0.901. The number of morpholine rings is 1. The van der Waals surface area contributed by atoms with Gasteiger partial charge in [-0.1, -0.05) is 0 Å². The number of rotatable bonds is 4. The summed E-state index contributed by atoms with van der Waals surface area (Å²) in [6.45, 7) is 4.41. The van der Waals surface area contributed by atoms with Crippen molar-refractivity contribution in [1.29, 1.82) is 0 Å². The highest BCUT2D eigenvalue weighted by Crippen LogP contribution is 2.26. The van der Waals surface area contributed by atoms with E-state index in [0.717, 1.165) is 13.1 Å². The molecule has 1 unspecified atom stereocenters.